The fraction of sp³-hybridized carbons (Fsp3) is 0.971. The second-order valence-corrected chi connectivity index (χ2v) is 17.8. The normalized spacial score (nSPS) is 11.6. The van der Waals surface area contributed by atoms with Crippen molar-refractivity contribution < 1.29 is 9.90 Å². The molecule has 0 saturated carbocycles. The van der Waals surface area contributed by atoms with E-state index in [4.69, 9.17) is 27.3 Å². The number of carboxylic acids is 1. The summed E-state index contributed by atoms with van der Waals surface area (Å²) in [5.74, 6) is -0.650. The number of aliphatic carboxylic acids is 1. The van der Waals surface area contributed by atoms with Gasteiger partial charge in [0.2, 0.25) is 7.42 Å². The highest BCUT2D eigenvalue weighted by Crippen LogP contribution is 2.17. The fourth-order valence-electron chi connectivity index (χ4n) is 5.88. The summed E-state index contributed by atoms with van der Waals surface area (Å²) in [6, 6.07) is 1.09. The van der Waals surface area contributed by atoms with Gasteiger partial charge in [0.1, 0.15) is 0 Å². The smallest absolute Gasteiger partial charge is 0.303 e. The van der Waals surface area contributed by atoms with Crippen molar-refractivity contribution in [2.75, 3.05) is 0 Å². The topological polar surface area (TPSA) is 37.3 Å². The summed E-state index contributed by atoms with van der Waals surface area (Å²) in [5, 5.41) is 8.63. The Bertz CT molecular complexity index is 490. The summed E-state index contributed by atoms with van der Waals surface area (Å²) in [6.07, 6.45) is 44.7. The zero-order chi connectivity index (χ0) is 29.2. The van der Waals surface area contributed by atoms with Crippen LogP contribution in [0.4, 0.5) is 0 Å². The van der Waals surface area contributed by atoms with Gasteiger partial charge in [0.25, 0.3) is 0 Å². The quantitative estimate of drug-likeness (QED) is 0.0434. The van der Waals surface area contributed by atoms with Gasteiger partial charge in [-0.2, -0.15) is 22.2 Å². The lowest BCUT2D eigenvalue weighted by Gasteiger charge is -2.05. The summed E-state index contributed by atoms with van der Waals surface area (Å²) < 4.78 is 0. The van der Waals surface area contributed by atoms with E-state index in [1.807, 2.05) is 0 Å². The van der Waals surface area contributed by atoms with Crippen LogP contribution in [-0.2, 0) is 4.79 Å². The molecular formula is C35H70Cl2O2Si. The highest BCUT2D eigenvalue weighted by atomic mass is 35.7. The van der Waals surface area contributed by atoms with E-state index in [1.54, 1.807) is 0 Å². The summed E-state index contributed by atoms with van der Waals surface area (Å²) >= 11 is 11.8. The predicted octanol–water partition coefficient (Wildman–Crippen LogP) is 13.6. The molecule has 0 bridgehead atoms. The number of carbonyl (C=O) groups is 1. The van der Waals surface area contributed by atoms with E-state index in [0.717, 1.165) is 18.9 Å². The maximum absolute atomic E-state index is 10.5. The van der Waals surface area contributed by atoms with Gasteiger partial charge in [-0.1, -0.05) is 199 Å². The molecule has 0 spiro atoms. The average Bonchev–Trinajstić information content (AvgIpc) is 2.93. The second kappa shape index (κ2) is 35.5. The first-order chi connectivity index (χ1) is 19.6. The monoisotopic (exact) mass is 620 g/mol. The molecule has 0 atom stereocenters. The van der Waals surface area contributed by atoms with E-state index in [1.165, 1.54) is 193 Å². The lowest BCUT2D eigenvalue weighted by molar-refractivity contribution is -0.137. The highest BCUT2D eigenvalue weighted by molar-refractivity contribution is 7.33. The fourth-order valence-corrected chi connectivity index (χ4v) is 7.40. The van der Waals surface area contributed by atoms with Crippen LogP contribution in [0.2, 0.25) is 6.04 Å². The molecule has 0 rings (SSSR count). The first-order valence-corrected chi connectivity index (χ1v) is 22.4. The molecule has 0 amide bonds. The van der Waals surface area contributed by atoms with Gasteiger partial charge in [0.15, 0.2) is 0 Å². The van der Waals surface area contributed by atoms with E-state index >= 15 is 0 Å². The molecule has 0 aromatic carbocycles. The van der Waals surface area contributed by atoms with E-state index in [9.17, 15) is 4.79 Å². The van der Waals surface area contributed by atoms with Crippen molar-refractivity contribution >= 4 is 35.5 Å². The molecule has 0 aliphatic rings. The summed E-state index contributed by atoms with van der Waals surface area (Å²) in [4.78, 5) is 10.5. The van der Waals surface area contributed by atoms with Gasteiger partial charge in [-0.3, -0.25) is 4.79 Å². The van der Waals surface area contributed by atoms with Crippen LogP contribution in [0.15, 0.2) is 0 Å². The third-order valence-corrected chi connectivity index (χ3v) is 10.7. The Balaban J connectivity index is 3.04. The van der Waals surface area contributed by atoms with Crippen LogP contribution >= 0.6 is 22.2 Å². The van der Waals surface area contributed by atoms with Gasteiger partial charge in [-0.05, 0) is 12.5 Å². The third-order valence-electron chi connectivity index (χ3n) is 8.56. The Labute approximate surface area is 262 Å². The molecule has 0 heterocycles. The lowest BCUT2D eigenvalue weighted by Crippen LogP contribution is -1.93. The number of hydrogen-bond acceptors (Lipinski definition) is 1. The van der Waals surface area contributed by atoms with Crippen LogP contribution in [0.25, 0.3) is 0 Å². The van der Waals surface area contributed by atoms with E-state index in [0.29, 0.717) is 6.42 Å². The Morgan fingerprint density at radius 3 is 0.700 bits per heavy atom. The van der Waals surface area contributed by atoms with Crippen molar-refractivity contribution in [3.63, 3.8) is 0 Å². The van der Waals surface area contributed by atoms with Crippen LogP contribution in [0.3, 0.4) is 0 Å². The first kappa shape index (κ1) is 40.3. The van der Waals surface area contributed by atoms with Crippen molar-refractivity contribution in [2.45, 2.75) is 218 Å². The number of unbranched alkanes of at least 4 members (excludes halogenated alkanes) is 31. The van der Waals surface area contributed by atoms with Crippen molar-refractivity contribution in [3.05, 3.63) is 0 Å². The second-order valence-electron chi connectivity index (χ2n) is 12.6. The highest BCUT2D eigenvalue weighted by Gasteiger charge is 2.01. The molecule has 0 aliphatic heterocycles. The Morgan fingerprint density at radius 2 is 0.525 bits per heavy atom. The Morgan fingerprint density at radius 1 is 0.350 bits per heavy atom. The summed E-state index contributed by atoms with van der Waals surface area (Å²) in [7, 11) is -1.34. The van der Waals surface area contributed by atoms with Crippen molar-refractivity contribution in [1.29, 1.82) is 0 Å². The molecule has 2 nitrogen and oxygen atoms in total. The van der Waals surface area contributed by atoms with Gasteiger partial charge in [-0.25, -0.2) is 0 Å². The molecule has 0 saturated heterocycles. The van der Waals surface area contributed by atoms with Crippen molar-refractivity contribution in [3.8, 4) is 0 Å². The minimum atomic E-state index is -1.34. The Kier molecular flexibility index (Phi) is 35.7. The standard InChI is InChI=1S/C35H70Cl2O2Si/c36-40(37)34-32-30-28-26-24-22-20-18-16-14-12-10-8-6-4-2-1-3-5-7-9-11-13-15-17-19-21-23-25-27-29-31-33-35(38)39/h40H,1-34H2,(H,38,39). The molecule has 0 aromatic heterocycles. The van der Waals surface area contributed by atoms with Crippen LogP contribution in [0.5, 0.6) is 0 Å². The first-order valence-electron chi connectivity index (χ1n) is 18.1. The zero-order valence-electron chi connectivity index (χ0n) is 26.7. The molecule has 0 fully saturated rings. The minimum Gasteiger partial charge on any atom is -0.481 e. The van der Waals surface area contributed by atoms with Gasteiger partial charge in [-0.15, -0.1) is 0 Å². The van der Waals surface area contributed by atoms with Crippen LogP contribution < -0.4 is 0 Å². The van der Waals surface area contributed by atoms with Gasteiger partial charge >= 0.3 is 5.97 Å². The zero-order valence-corrected chi connectivity index (χ0v) is 29.4. The maximum atomic E-state index is 10.5. The molecule has 0 radical (unpaired) electrons. The largest absolute Gasteiger partial charge is 0.481 e. The molecular weight excluding hydrogens is 551 g/mol. The van der Waals surface area contributed by atoms with E-state index in [-0.39, 0.29) is 0 Å². The molecule has 0 aromatic rings. The van der Waals surface area contributed by atoms with Crippen LogP contribution in [0, 0.1) is 0 Å². The molecule has 5 heteroatoms. The molecule has 0 aliphatic carbocycles. The number of rotatable bonds is 35. The third kappa shape index (κ3) is 38.3. The predicted molar refractivity (Wildman–Crippen MR) is 184 cm³/mol. The lowest BCUT2D eigenvalue weighted by atomic mass is 10.0. The van der Waals surface area contributed by atoms with E-state index in [2.05, 4.69) is 0 Å². The molecule has 240 valence electrons. The Hall–Kier alpha value is 0.267. The average molecular weight is 622 g/mol. The maximum Gasteiger partial charge on any atom is 0.303 e. The number of hydrogen-bond donors (Lipinski definition) is 1. The van der Waals surface area contributed by atoms with Gasteiger partial charge in [0.05, 0.1) is 0 Å². The minimum absolute atomic E-state index is 0.344. The van der Waals surface area contributed by atoms with Crippen LogP contribution in [0.1, 0.15) is 212 Å². The summed E-state index contributed by atoms with van der Waals surface area (Å²) in [6.45, 7) is 0. The van der Waals surface area contributed by atoms with Gasteiger partial charge < -0.3 is 5.11 Å². The van der Waals surface area contributed by atoms with Crippen LogP contribution in [-0.4, -0.2) is 18.5 Å². The number of halogens is 2. The van der Waals surface area contributed by atoms with Crippen molar-refractivity contribution in [2.24, 2.45) is 0 Å². The molecule has 40 heavy (non-hydrogen) atoms. The van der Waals surface area contributed by atoms with Crippen molar-refractivity contribution in [1.82, 2.24) is 0 Å². The van der Waals surface area contributed by atoms with Gasteiger partial charge in [0, 0.05) is 6.42 Å². The molecule has 1 N–H and O–H groups in total. The van der Waals surface area contributed by atoms with E-state index < -0.39 is 13.4 Å². The SMILES string of the molecule is O=C(O)CCCCCCCCCCCCCCCCCCCCCCCCCCCCCCCCCC[SiH](Cl)Cl. The molecule has 0 unspecified atom stereocenters. The summed E-state index contributed by atoms with van der Waals surface area (Å²) in [5.41, 5.74) is 0. The number of carboxylic acid groups (broad SMARTS) is 1.